The topological polar surface area (TPSA) is 75.4 Å². The highest BCUT2D eigenvalue weighted by atomic mass is 16.3. The fourth-order valence-electron chi connectivity index (χ4n) is 1.58. The lowest BCUT2D eigenvalue weighted by atomic mass is 10.0. The van der Waals surface area contributed by atoms with Gasteiger partial charge in [0.2, 0.25) is 5.91 Å². The molecular formula is C13H20N2O2. The van der Waals surface area contributed by atoms with Gasteiger partial charge in [-0.05, 0) is 43.0 Å². The van der Waals surface area contributed by atoms with Crippen molar-refractivity contribution >= 4 is 11.6 Å². The van der Waals surface area contributed by atoms with E-state index < -0.39 is 6.04 Å². The van der Waals surface area contributed by atoms with Crippen molar-refractivity contribution in [2.45, 2.75) is 33.2 Å². The predicted octanol–water partition coefficient (Wildman–Crippen LogP) is 2.01. The summed E-state index contributed by atoms with van der Waals surface area (Å²) in [6, 6.07) is 4.43. The minimum Gasteiger partial charge on any atom is -0.508 e. The summed E-state index contributed by atoms with van der Waals surface area (Å²) in [6.45, 7) is 5.83. The molecule has 1 atom stereocenters. The average molecular weight is 236 g/mol. The molecule has 0 saturated carbocycles. The van der Waals surface area contributed by atoms with E-state index >= 15 is 0 Å². The molecule has 0 spiro atoms. The fourth-order valence-corrected chi connectivity index (χ4v) is 1.58. The average Bonchev–Trinajstić information content (AvgIpc) is 2.22. The summed E-state index contributed by atoms with van der Waals surface area (Å²) in [5.41, 5.74) is 7.15. The van der Waals surface area contributed by atoms with E-state index in [0.29, 0.717) is 18.0 Å². The van der Waals surface area contributed by atoms with Gasteiger partial charge in [-0.3, -0.25) is 4.79 Å². The molecule has 1 aromatic rings. The molecule has 0 aliphatic carbocycles. The number of amides is 1. The van der Waals surface area contributed by atoms with Gasteiger partial charge in [-0.15, -0.1) is 0 Å². The molecule has 1 aromatic carbocycles. The first-order valence-corrected chi connectivity index (χ1v) is 5.76. The van der Waals surface area contributed by atoms with Gasteiger partial charge in [-0.2, -0.15) is 0 Å². The van der Waals surface area contributed by atoms with Gasteiger partial charge in [-0.1, -0.05) is 13.8 Å². The van der Waals surface area contributed by atoms with E-state index in [-0.39, 0.29) is 11.7 Å². The van der Waals surface area contributed by atoms with Crippen molar-refractivity contribution in [3.05, 3.63) is 23.8 Å². The number of carbonyl (C=O) groups excluding carboxylic acids is 1. The smallest absolute Gasteiger partial charge is 0.241 e. The molecule has 0 radical (unpaired) electrons. The summed E-state index contributed by atoms with van der Waals surface area (Å²) in [6.07, 6.45) is 0.656. The van der Waals surface area contributed by atoms with E-state index in [1.54, 1.807) is 25.1 Å². The summed E-state index contributed by atoms with van der Waals surface area (Å²) in [7, 11) is 0. The van der Waals surface area contributed by atoms with Gasteiger partial charge >= 0.3 is 0 Å². The lowest BCUT2D eigenvalue weighted by Crippen LogP contribution is -2.36. The van der Waals surface area contributed by atoms with Gasteiger partial charge in [0.25, 0.3) is 0 Å². The third-order valence-corrected chi connectivity index (χ3v) is 2.53. The molecule has 94 valence electrons. The van der Waals surface area contributed by atoms with Crippen LogP contribution in [0.5, 0.6) is 5.75 Å². The SMILES string of the molecule is Cc1cc(NC(=O)[C@H](N)CC(C)C)ccc1O. The van der Waals surface area contributed by atoms with Crippen LogP contribution in [-0.2, 0) is 4.79 Å². The zero-order valence-corrected chi connectivity index (χ0v) is 10.5. The molecule has 4 nitrogen and oxygen atoms in total. The first-order chi connectivity index (χ1) is 7.90. The van der Waals surface area contributed by atoms with Crippen LogP contribution in [0.4, 0.5) is 5.69 Å². The van der Waals surface area contributed by atoms with Gasteiger partial charge in [0.15, 0.2) is 0 Å². The maximum atomic E-state index is 11.7. The third kappa shape index (κ3) is 4.07. The molecular weight excluding hydrogens is 216 g/mol. The van der Waals surface area contributed by atoms with Crippen molar-refractivity contribution in [1.82, 2.24) is 0 Å². The quantitative estimate of drug-likeness (QED) is 0.700. The molecule has 0 bridgehead atoms. The Bertz CT molecular complexity index is 402. The number of phenolic OH excluding ortho intramolecular Hbond substituents is 1. The number of rotatable bonds is 4. The number of phenols is 1. The maximum Gasteiger partial charge on any atom is 0.241 e. The van der Waals surface area contributed by atoms with Crippen molar-refractivity contribution in [1.29, 1.82) is 0 Å². The second-order valence-electron chi connectivity index (χ2n) is 4.73. The third-order valence-electron chi connectivity index (χ3n) is 2.53. The second kappa shape index (κ2) is 5.68. The van der Waals surface area contributed by atoms with Crippen LogP contribution in [-0.4, -0.2) is 17.1 Å². The van der Waals surface area contributed by atoms with Gasteiger partial charge in [0.05, 0.1) is 6.04 Å². The highest BCUT2D eigenvalue weighted by Gasteiger charge is 2.15. The Hall–Kier alpha value is -1.55. The van der Waals surface area contributed by atoms with E-state index in [1.807, 2.05) is 13.8 Å². The Morgan fingerprint density at radius 2 is 2.12 bits per heavy atom. The normalized spacial score (nSPS) is 12.5. The van der Waals surface area contributed by atoms with E-state index in [1.165, 1.54) is 0 Å². The van der Waals surface area contributed by atoms with Gasteiger partial charge < -0.3 is 16.2 Å². The summed E-state index contributed by atoms with van der Waals surface area (Å²) >= 11 is 0. The van der Waals surface area contributed by atoms with Crippen LogP contribution >= 0.6 is 0 Å². The van der Waals surface area contributed by atoms with Crippen LogP contribution < -0.4 is 11.1 Å². The predicted molar refractivity (Wildman–Crippen MR) is 68.9 cm³/mol. The van der Waals surface area contributed by atoms with Crippen molar-refractivity contribution in [2.24, 2.45) is 11.7 Å². The Balaban J connectivity index is 2.64. The minimum atomic E-state index is -0.496. The van der Waals surface area contributed by atoms with Crippen LogP contribution in [0.15, 0.2) is 18.2 Å². The summed E-state index contributed by atoms with van der Waals surface area (Å²) < 4.78 is 0. The highest BCUT2D eigenvalue weighted by Crippen LogP contribution is 2.20. The van der Waals surface area contributed by atoms with Crippen LogP contribution in [0.2, 0.25) is 0 Å². The van der Waals surface area contributed by atoms with E-state index in [2.05, 4.69) is 5.32 Å². The largest absolute Gasteiger partial charge is 0.508 e. The highest BCUT2D eigenvalue weighted by molar-refractivity contribution is 5.94. The number of aromatic hydroxyl groups is 1. The second-order valence-corrected chi connectivity index (χ2v) is 4.73. The standard InChI is InChI=1S/C13H20N2O2/c1-8(2)6-11(14)13(17)15-10-4-5-12(16)9(3)7-10/h4-5,7-8,11,16H,6,14H2,1-3H3,(H,15,17)/t11-/m1/s1. The Labute approximate surface area is 102 Å². The zero-order chi connectivity index (χ0) is 13.0. The van der Waals surface area contributed by atoms with Gasteiger partial charge in [0.1, 0.15) is 5.75 Å². The van der Waals surface area contributed by atoms with Crippen molar-refractivity contribution in [3.8, 4) is 5.75 Å². The van der Waals surface area contributed by atoms with Gasteiger partial charge in [0, 0.05) is 5.69 Å². The molecule has 17 heavy (non-hydrogen) atoms. The Kier molecular flexibility index (Phi) is 4.52. The molecule has 0 fully saturated rings. The molecule has 4 N–H and O–H groups in total. The number of benzene rings is 1. The van der Waals surface area contributed by atoms with E-state index in [0.717, 1.165) is 5.56 Å². The number of nitrogens with one attached hydrogen (secondary N) is 1. The van der Waals surface area contributed by atoms with Crippen LogP contribution in [0.25, 0.3) is 0 Å². The Morgan fingerprint density at radius 1 is 1.47 bits per heavy atom. The van der Waals surface area contributed by atoms with Crippen molar-refractivity contribution in [2.75, 3.05) is 5.32 Å². The fraction of sp³-hybridized carbons (Fsp3) is 0.462. The first kappa shape index (κ1) is 13.5. The summed E-state index contributed by atoms with van der Waals surface area (Å²) in [5.74, 6) is 0.413. The lowest BCUT2D eigenvalue weighted by molar-refractivity contribution is -0.117. The van der Waals surface area contributed by atoms with Crippen molar-refractivity contribution < 1.29 is 9.90 Å². The zero-order valence-electron chi connectivity index (χ0n) is 10.5. The van der Waals surface area contributed by atoms with Crippen LogP contribution in [0.1, 0.15) is 25.8 Å². The first-order valence-electron chi connectivity index (χ1n) is 5.76. The maximum absolute atomic E-state index is 11.7. The monoisotopic (exact) mass is 236 g/mol. The van der Waals surface area contributed by atoms with Crippen LogP contribution in [0.3, 0.4) is 0 Å². The van der Waals surface area contributed by atoms with Crippen LogP contribution in [0, 0.1) is 12.8 Å². The minimum absolute atomic E-state index is 0.191. The molecule has 4 heteroatoms. The molecule has 0 heterocycles. The molecule has 0 aliphatic heterocycles. The number of hydrogen-bond donors (Lipinski definition) is 3. The number of hydrogen-bond acceptors (Lipinski definition) is 3. The molecule has 0 saturated heterocycles. The molecule has 1 amide bonds. The summed E-state index contributed by atoms with van der Waals surface area (Å²) in [5, 5.41) is 12.1. The number of carbonyl (C=O) groups is 1. The molecule has 0 aromatic heterocycles. The molecule has 0 aliphatic rings. The van der Waals surface area contributed by atoms with Crippen molar-refractivity contribution in [3.63, 3.8) is 0 Å². The summed E-state index contributed by atoms with van der Waals surface area (Å²) in [4.78, 5) is 11.7. The number of nitrogens with two attached hydrogens (primary N) is 1. The molecule has 0 unspecified atom stereocenters. The number of anilines is 1. The molecule has 1 rings (SSSR count). The van der Waals surface area contributed by atoms with E-state index in [9.17, 15) is 9.90 Å². The Morgan fingerprint density at radius 3 is 2.65 bits per heavy atom. The lowest BCUT2D eigenvalue weighted by Gasteiger charge is -2.14. The van der Waals surface area contributed by atoms with E-state index in [4.69, 9.17) is 5.73 Å². The van der Waals surface area contributed by atoms with Gasteiger partial charge in [-0.25, -0.2) is 0 Å². The number of aryl methyl sites for hydroxylation is 1.